The molecule has 0 radical (unpaired) electrons. The van der Waals surface area contributed by atoms with Crippen LogP contribution in [-0.2, 0) is 10.8 Å². The maximum Gasteiger partial charge on any atom is 0.0720 e. The predicted octanol–water partition coefficient (Wildman–Crippen LogP) is 12.7. The van der Waals surface area contributed by atoms with Crippen LogP contribution >= 0.6 is 11.6 Å². The van der Waals surface area contributed by atoms with Crippen LogP contribution < -0.4 is 0 Å². The van der Waals surface area contributed by atoms with Gasteiger partial charge in [-0.2, -0.15) is 0 Å². The fraction of sp³-hybridized carbons (Fsp3) is 0.0400. The number of rotatable bonds is 2. The van der Waals surface area contributed by atoms with Crippen LogP contribution in [0.1, 0.15) is 44.5 Å². The van der Waals surface area contributed by atoms with Crippen LogP contribution in [0.4, 0.5) is 0 Å². The van der Waals surface area contributed by atoms with Gasteiger partial charge in [0.15, 0.2) is 0 Å². The lowest BCUT2D eigenvalue weighted by atomic mass is 9.52. The third kappa shape index (κ3) is 3.65. The van der Waals surface area contributed by atoms with Crippen molar-refractivity contribution in [2.75, 3.05) is 0 Å². The van der Waals surface area contributed by atoms with Gasteiger partial charge in [-0.3, -0.25) is 0 Å². The molecular formula is C50H31Cl. The molecule has 1 heteroatoms. The molecule has 0 saturated carbocycles. The van der Waals surface area contributed by atoms with Crippen LogP contribution in [0.15, 0.2) is 188 Å². The summed E-state index contributed by atoms with van der Waals surface area (Å²) in [7, 11) is 0. The molecule has 0 bridgehead atoms. The maximum absolute atomic E-state index is 6.82. The number of benzene rings is 8. The molecule has 0 nitrogen and oxygen atoms in total. The summed E-state index contributed by atoms with van der Waals surface area (Å²) < 4.78 is 0. The number of hydrogen-bond acceptors (Lipinski definition) is 0. The van der Waals surface area contributed by atoms with E-state index in [1.807, 2.05) is 0 Å². The van der Waals surface area contributed by atoms with E-state index in [-0.39, 0.29) is 0 Å². The summed E-state index contributed by atoms with van der Waals surface area (Å²) in [5.74, 6) is 0. The van der Waals surface area contributed by atoms with E-state index in [0.717, 1.165) is 5.02 Å². The average molecular weight is 667 g/mol. The molecular weight excluding hydrogens is 636 g/mol. The van der Waals surface area contributed by atoms with Gasteiger partial charge in [0, 0.05) is 5.02 Å². The molecule has 0 fully saturated rings. The summed E-state index contributed by atoms with van der Waals surface area (Å²) in [6, 6.07) is 70.0. The maximum atomic E-state index is 6.82. The molecule has 0 amide bonds. The quantitative estimate of drug-likeness (QED) is 0.172. The molecule has 51 heavy (non-hydrogen) atoms. The lowest BCUT2D eigenvalue weighted by molar-refractivity contribution is 0.633. The second-order valence-electron chi connectivity index (χ2n) is 14.1. The minimum atomic E-state index is -0.571. The van der Waals surface area contributed by atoms with Gasteiger partial charge in [0.2, 0.25) is 0 Å². The lowest BCUT2D eigenvalue weighted by Crippen LogP contribution is -2.43. The van der Waals surface area contributed by atoms with Crippen LogP contribution in [0.2, 0.25) is 5.02 Å². The van der Waals surface area contributed by atoms with Gasteiger partial charge in [0.25, 0.3) is 0 Å². The molecule has 2 spiro atoms. The van der Waals surface area contributed by atoms with Crippen LogP contribution in [0.3, 0.4) is 0 Å². The van der Waals surface area contributed by atoms with Gasteiger partial charge in [0.1, 0.15) is 0 Å². The zero-order valence-electron chi connectivity index (χ0n) is 27.8. The van der Waals surface area contributed by atoms with E-state index in [0.29, 0.717) is 0 Å². The van der Waals surface area contributed by atoms with Crippen LogP contribution in [0.25, 0.3) is 44.5 Å². The Bertz CT molecular complexity index is 2660. The molecule has 0 aromatic heterocycles. The van der Waals surface area contributed by atoms with Gasteiger partial charge in [0.05, 0.1) is 10.8 Å². The van der Waals surface area contributed by atoms with Gasteiger partial charge in [-0.05, 0) is 113 Å². The Kier molecular flexibility index (Phi) is 5.96. The van der Waals surface area contributed by atoms with E-state index in [4.69, 9.17) is 11.6 Å². The van der Waals surface area contributed by atoms with Crippen molar-refractivity contribution < 1.29 is 0 Å². The SMILES string of the molecule is Clc1ccc2c(c1)-c1ccccc1C21c2ccc(-c3ccccc3)cc2C2(c3ccccc3-c3ccccc32)c2ccc(-c3ccccc3)cc21. The lowest BCUT2D eigenvalue weighted by Gasteiger charge is -2.49. The van der Waals surface area contributed by atoms with E-state index < -0.39 is 10.8 Å². The van der Waals surface area contributed by atoms with Crippen molar-refractivity contribution in [3.8, 4) is 44.5 Å². The van der Waals surface area contributed by atoms with Gasteiger partial charge in [-0.25, -0.2) is 0 Å². The Morgan fingerprint density at radius 3 is 1.10 bits per heavy atom. The topological polar surface area (TPSA) is 0 Å². The Morgan fingerprint density at radius 1 is 0.255 bits per heavy atom. The van der Waals surface area contributed by atoms with E-state index in [1.54, 1.807) is 0 Å². The van der Waals surface area contributed by atoms with Gasteiger partial charge in [-0.1, -0.05) is 175 Å². The third-order valence-corrected chi connectivity index (χ3v) is 12.1. The van der Waals surface area contributed by atoms with Crippen molar-refractivity contribution in [2.45, 2.75) is 10.8 Å². The van der Waals surface area contributed by atoms with E-state index in [9.17, 15) is 0 Å². The molecule has 1 unspecified atom stereocenters. The van der Waals surface area contributed by atoms with Gasteiger partial charge >= 0.3 is 0 Å². The first-order valence-electron chi connectivity index (χ1n) is 17.7. The van der Waals surface area contributed by atoms with E-state index >= 15 is 0 Å². The Labute approximate surface area is 303 Å². The molecule has 0 saturated heterocycles. The Hall–Kier alpha value is -5.95. The molecule has 0 heterocycles. The number of halogens is 1. The molecule has 11 rings (SSSR count). The molecule has 0 aliphatic heterocycles. The first-order valence-corrected chi connectivity index (χ1v) is 18.1. The highest BCUT2D eigenvalue weighted by molar-refractivity contribution is 6.31. The molecule has 8 aromatic carbocycles. The highest BCUT2D eigenvalue weighted by Crippen LogP contribution is 2.68. The van der Waals surface area contributed by atoms with E-state index in [1.165, 1.54) is 89.0 Å². The number of hydrogen-bond donors (Lipinski definition) is 0. The fourth-order valence-electron chi connectivity index (χ4n) is 9.93. The first-order chi connectivity index (χ1) is 25.2. The van der Waals surface area contributed by atoms with Crippen molar-refractivity contribution >= 4 is 11.6 Å². The Balaban J connectivity index is 1.37. The highest BCUT2D eigenvalue weighted by atomic mass is 35.5. The smallest absolute Gasteiger partial charge is 0.0720 e. The monoisotopic (exact) mass is 666 g/mol. The summed E-state index contributed by atoms with van der Waals surface area (Å²) in [4.78, 5) is 0. The van der Waals surface area contributed by atoms with Crippen molar-refractivity contribution in [2.24, 2.45) is 0 Å². The minimum absolute atomic E-state index is 0.534. The van der Waals surface area contributed by atoms with Crippen molar-refractivity contribution in [1.29, 1.82) is 0 Å². The number of fused-ring (bicyclic) bond motifs is 16. The summed E-state index contributed by atoms with van der Waals surface area (Å²) in [6.45, 7) is 0. The molecule has 8 aromatic rings. The van der Waals surface area contributed by atoms with Crippen LogP contribution in [-0.4, -0.2) is 0 Å². The zero-order valence-corrected chi connectivity index (χ0v) is 28.5. The fourth-order valence-corrected chi connectivity index (χ4v) is 10.1. The zero-order chi connectivity index (χ0) is 33.7. The van der Waals surface area contributed by atoms with Crippen LogP contribution in [0.5, 0.6) is 0 Å². The average Bonchev–Trinajstić information content (AvgIpc) is 3.66. The van der Waals surface area contributed by atoms with Gasteiger partial charge < -0.3 is 0 Å². The molecule has 0 N–H and O–H groups in total. The van der Waals surface area contributed by atoms with Crippen molar-refractivity contribution in [3.05, 3.63) is 238 Å². The van der Waals surface area contributed by atoms with E-state index in [2.05, 4.69) is 188 Å². The predicted molar refractivity (Wildman–Crippen MR) is 210 cm³/mol. The van der Waals surface area contributed by atoms with Crippen LogP contribution in [0, 0.1) is 0 Å². The summed E-state index contributed by atoms with van der Waals surface area (Å²) in [6.07, 6.45) is 0. The second-order valence-corrected chi connectivity index (χ2v) is 14.5. The molecule has 238 valence electrons. The van der Waals surface area contributed by atoms with Crippen molar-refractivity contribution in [3.63, 3.8) is 0 Å². The molecule has 3 aliphatic rings. The first kappa shape index (κ1) is 28.8. The molecule has 1 atom stereocenters. The largest absolute Gasteiger partial charge is 0.0843 e. The van der Waals surface area contributed by atoms with Crippen molar-refractivity contribution in [1.82, 2.24) is 0 Å². The standard InChI is InChI=1S/C50H31Cl/c51-36-25-28-44-40(31-36)39-19-9-12-22-43(39)50(44)46-27-24-34(32-13-3-1-4-14-32)29-47(46)49(41-20-10-7-17-37(41)38-18-8-11-21-42(38)49)45-26-23-35(30-48(45)50)33-15-5-2-6-16-33/h1-31H. The summed E-state index contributed by atoms with van der Waals surface area (Å²) in [5, 5.41) is 0.754. The normalized spacial score (nSPS) is 16.6. The molecule has 3 aliphatic carbocycles. The summed E-state index contributed by atoms with van der Waals surface area (Å²) >= 11 is 6.82. The summed E-state index contributed by atoms with van der Waals surface area (Å²) in [5.41, 5.74) is 19.4. The second kappa shape index (κ2) is 10.5. The third-order valence-electron chi connectivity index (χ3n) is 11.8. The minimum Gasteiger partial charge on any atom is -0.0843 e. The van der Waals surface area contributed by atoms with Gasteiger partial charge in [-0.15, -0.1) is 0 Å². The highest BCUT2D eigenvalue weighted by Gasteiger charge is 2.59. The Morgan fingerprint density at radius 2 is 0.627 bits per heavy atom.